The molecule has 1 fully saturated rings. The lowest BCUT2D eigenvalue weighted by Crippen LogP contribution is -2.33. The van der Waals surface area contributed by atoms with E-state index in [2.05, 4.69) is 11.1 Å². The summed E-state index contributed by atoms with van der Waals surface area (Å²) in [4.78, 5) is 16.9. The normalized spacial score (nSPS) is 18.8. The molecule has 1 aromatic carbocycles. The van der Waals surface area contributed by atoms with Crippen molar-refractivity contribution in [2.45, 2.75) is 50.0 Å². The Morgan fingerprint density at radius 3 is 2.55 bits per heavy atom. The Kier molecular flexibility index (Phi) is 6.21. The number of anilines is 1. The summed E-state index contributed by atoms with van der Waals surface area (Å²) in [5.41, 5.74) is 2.62. The second-order valence-corrected chi connectivity index (χ2v) is 10.6. The van der Waals surface area contributed by atoms with Crippen LogP contribution in [0.5, 0.6) is 0 Å². The zero-order valence-electron chi connectivity index (χ0n) is 18.9. The Balaban J connectivity index is 1.77. The Morgan fingerprint density at radius 1 is 1.21 bits per heavy atom. The minimum Gasteiger partial charge on any atom is -0.465 e. The number of hydrogen-bond acceptors (Lipinski definition) is 8. The number of methoxy groups -OCH3 is 1. The molecule has 1 saturated carbocycles. The van der Waals surface area contributed by atoms with Crippen molar-refractivity contribution < 1.29 is 17.9 Å². The van der Waals surface area contributed by atoms with Crippen molar-refractivity contribution in [1.29, 1.82) is 5.26 Å². The van der Waals surface area contributed by atoms with Crippen LogP contribution in [0, 0.1) is 24.2 Å². The summed E-state index contributed by atoms with van der Waals surface area (Å²) >= 11 is 0. The van der Waals surface area contributed by atoms with Crippen molar-refractivity contribution in [2.75, 3.05) is 18.4 Å². The van der Waals surface area contributed by atoms with Crippen LogP contribution in [0.1, 0.15) is 59.3 Å². The number of nitrogens with zero attached hydrogens (tertiary/aromatic N) is 4. The molecule has 8 nitrogen and oxygen atoms in total. The summed E-state index contributed by atoms with van der Waals surface area (Å²) < 4.78 is 29.2. The van der Waals surface area contributed by atoms with Crippen LogP contribution in [0.4, 0.5) is 5.82 Å². The van der Waals surface area contributed by atoms with Crippen LogP contribution < -0.4 is 5.01 Å². The van der Waals surface area contributed by atoms with Gasteiger partial charge in [0.25, 0.3) is 0 Å². The lowest BCUT2D eigenvalue weighted by Gasteiger charge is -2.27. The minimum absolute atomic E-state index is 0.00316. The van der Waals surface area contributed by atoms with Gasteiger partial charge in [-0.05, 0) is 55.5 Å². The molecule has 2 aliphatic rings. The number of pyridine rings is 1. The lowest BCUT2D eigenvalue weighted by molar-refractivity contribution is 0.0596. The number of carbonyl (C=O) groups excluding carboxylic acids is 1. The molecule has 2 aromatic rings. The van der Waals surface area contributed by atoms with Crippen LogP contribution in [-0.4, -0.2) is 44.5 Å². The first kappa shape index (κ1) is 22.9. The molecule has 4 rings (SSSR count). The molecule has 0 radical (unpaired) electrons. The fourth-order valence-corrected chi connectivity index (χ4v) is 5.59. The molecule has 1 aliphatic heterocycles. The van der Waals surface area contributed by atoms with E-state index < -0.39 is 15.8 Å². The summed E-state index contributed by atoms with van der Waals surface area (Å²) in [6.07, 6.45) is 6.31. The van der Waals surface area contributed by atoms with Gasteiger partial charge in [0.15, 0.2) is 9.84 Å². The molecule has 0 amide bonds. The molecule has 0 saturated heterocycles. The highest BCUT2D eigenvalue weighted by Gasteiger charge is 2.37. The number of rotatable bonds is 5. The molecule has 0 spiro atoms. The third-order valence-electron chi connectivity index (χ3n) is 6.43. The van der Waals surface area contributed by atoms with E-state index in [0.717, 1.165) is 24.8 Å². The maximum Gasteiger partial charge on any atom is 0.339 e. The van der Waals surface area contributed by atoms with Crippen LogP contribution in [0.2, 0.25) is 0 Å². The molecular formula is C24H26N4O4S. The molecule has 1 aliphatic carbocycles. The van der Waals surface area contributed by atoms with Crippen molar-refractivity contribution in [1.82, 2.24) is 4.98 Å². The smallest absolute Gasteiger partial charge is 0.339 e. The number of ether oxygens (including phenoxy) is 1. The van der Waals surface area contributed by atoms with Gasteiger partial charge in [0.05, 0.1) is 40.6 Å². The summed E-state index contributed by atoms with van der Waals surface area (Å²) in [5, 5.41) is 16.1. The predicted octanol–water partition coefficient (Wildman–Crippen LogP) is 3.63. The molecule has 1 unspecified atom stereocenters. The molecule has 9 heteroatoms. The fraction of sp³-hybridized carbons (Fsp3) is 0.417. The number of aromatic nitrogens is 1. The summed E-state index contributed by atoms with van der Waals surface area (Å²) in [7, 11) is -2.38. The largest absolute Gasteiger partial charge is 0.465 e. The van der Waals surface area contributed by atoms with Crippen molar-refractivity contribution in [2.24, 2.45) is 11.0 Å². The van der Waals surface area contributed by atoms with E-state index in [-0.39, 0.29) is 16.5 Å². The standard InChI is InChI=1S/C24H26N4O4S/c1-15-18(14-25)9-11-23(26-15)28-21(16-6-4-5-7-16)13-20(27-28)17-8-10-22(33(3,30)31)19(12-17)24(29)32-2/h8-12,16,21H,4-7,13H2,1-3H3. The summed E-state index contributed by atoms with van der Waals surface area (Å²) in [6, 6.07) is 10.5. The van der Waals surface area contributed by atoms with Crippen molar-refractivity contribution in [3.05, 3.63) is 52.7 Å². The highest BCUT2D eigenvalue weighted by Crippen LogP contribution is 2.38. The van der Waals surface area contributed by atoms with Crippen LogP contribution in [-0.2, 0) is 14.6 Å². The Labute approximate surface area is 193 Å². The topological polar surface area (TPSA) is 113 Å². The van der Waals surface area contributed by atoms with E-state index in [0.29, 0.717) is 35.0 Å². The number of carbonyl (C=O) groups is 1. The Bertz CT molecular complexity index is 1270. The maximum atomic E-state index is 12.3. The van der Waals surface area contributed by atoms with Crippen molar-refractivity contribution in [3.63, 3.8) is 0 Å². The lowest BCUT2D eigenvalue weighted by atomic mass is 9.92. The summed E-state index contributed by atoms with van der Waals surface area (Å²) in [5.74, 6) is 0.433. The first-order valence-corrected chi connectivity index (χ1v) is 12.8. The van der Waals surface area contributed by atoms with Gasteiger partial charge in [-0.15, -0.1) is 0 Å². The number of sulfone groups is 1. The zero-order chi connectivity index (χ0) is 23.8. The molecule has 1 aromatic heterocycles. The van der Waals surface area contributed by atoms with E-state index >= 15 is 0 Å². The minimum atomic E-state index is -3.61. The Hall–Kier alpha value is -3.25. The highest BCUT2D eigenvalue weighted by atomic mass is 32.2. The van der Waals surface area contributed by atoms with Gasteiger partial charge in [0, 0.05) is 12.7 Å². The quantitative estimate of drug-likeness (QED) is 0.618. The Morgan fingerprint density at radius 2 is 1.94 bits per heavy atom. The van der Waals surface area contributed by atoms with Gasteiger partial charge in [0.2, 0.25) is 0 Å². The van der Waals surface area contributed by atoms with Gasteiger partial charge in [0.1, 0.15) is 11.9 Å². The van der Waals surface area contributed by atoms with E-state index in [4.69, 9.17) is 9.84 Å². The zero-order valence-corrected chi connectivity index (χ0v) is 19.7. The number of esters is 1. The molecule has 0 N–H and O–H groups in total. The third kappa shape index (κ3) is 4.48. The third-order valence-corrected chi connectivity index (χ3v) is 7.59. The molecule has 1 atom stereocenters. The number of benzene rings is 1. The van der Waals surface area contributed by atoms with Crippen LogP contribution in [0.25, 0.3) is 0 Å². The molecular weight excluding hydrogens is 440 g/mol. The molecule has 172 valence electrons. The number of hydrogen-bond donors (Lipinski definition) is 0. The fourth-order valence-electron chi connectivity index (χ4n) is 4.73. The second-order valence-electron chi connectivity index (χ2n) is 8.60. The highest BCUT2D eigenvalue weighted by molar-refractivity contribution is 7.90. The van der Waals surface area contributed by atoms with Gasteiger partial charge < -0.3 is 4.74 Å². The maximum absolute atomic E-state index is 12.3. The van der Waals surface area contributed by atoms with E-state index in [1.165, 1.54) is 26.0 Å². The van der Waals surface area contributed by atoms with Gasteiger partial charge in [-0.1, -0.05) is 18.9 Å². The van der Waals surface area contributed by atoms with E-state index in [1.54, 1.807) is 25.1 Å². The van der Waals surface area contributed by atoms with E-state index in [1.807, 2.05) is 11.1 Å². The molecule has 0 bridgehead atoms. The predicted molar refractivity (Wildman–Crippen MR) is 124 cm³/mol. The molecule has 2 heterocycles. The first-order chi connectivity index (χ1) is 15.7. The van der Waals surface area contributed by atoms with Crippen LogP contribution in [0.3, 0.4) is 0 Å². The number of hydrazone groups is 1. The number of nitriles is 1. The average molecular weight is 467 g/mol. The SMILES string of the molecule is COC(=O)c1cc(C2=NN(c3ccc(C#N)c(C)n3)C(C3CCCC3)C2)ccc1S(C)(=O)=O. The second kappa shape index (κ2) is 8.94. The summed E-state index contributed by atoms with van der Waals surface area (Å²) in [6.45, 7) is 1.81. The van der Waals surface area contributed by atoms with Crippen molar-refractivity contribution in [3.8, 4) is 6.07 Å². The van der Waals surface area contributed by atoms with Gasteiger partial charge in [-0.3, -0.25) is 0 Å². The monoisotopic (exact) mass is 466 g/mol. The van der Waals surface area contributed by atoms with Crippen molar-refractivity contribution >= 4 is 27.3 Å². The average Bonchev–Trinajstić information content (AvgIpc) is 3.47. The first-order valence-electron chi connectivity index (χ1n) is 10.9. The van der Waals surface area contributed by atoms with Crippen LogP contribution in [0.15, 0.2) is 40.3 Å². The van der Waals surface area contributed by atoms with Gasteiger partial charge in [-0.2, -0.15) is 10.4 Å². The van der Waals surface area contributed by atoms with E-state index in [9.17, 15) is 18.5 Å². The van der Waals surface area contributed by atoms with Crippen LogP contribution >= 0.6 is 0 Å². The molecule has 33 heavy (non-hydrogen) atoms. The number of aryl methyl sites for hydroxylation is 1. The van der Waals surface area contributed by atoms with Gasteiger partial charge >= 0.3 is 5.97 Å². The van der Waals surface area contributed by atoms with Gasteiger partial charge in [-0.25, -0.2) is 23.2 Å².